The fourth-order valence-corrected chi connectivity index (χ4v) is 4.28. The third-order valence-electron chi connectivity index (χ3n) is 6.14. The molecule has 1 aliphatic rings. The van der Waals surface area contributed by atoms with Crippen LogP contribution in [0.3, 0.4) is 0 Å². The van der Waals surface area contributed by atoms with Gasteiger partial charge in [-0.05, 0) is 61.5 Å². The van der Waals surface area contributed by atoms with E-state index in [0.717, 1.165) is 37.5 Å². The second kappa shape index (κ2) is 13.0. The van der Waals surface area contributed by atoms with Gasteiger partial charge >= 0.3 is 5.97 Å². The molecule has 0 unspecified atom stereocenters. The molecule has 1 saturated carbocycles. The van der Waals surface area contributed by atoms with Gasteiger partial charge in [-0.15, -0.1) is 0 Å². The summed E-state index contributed by atoms with van der Waals surface area (Å²) in [6.07, 6.45) is 15.6. The van der Waals surface area contributed by atoms with E-state index in [-0.39, 0.29) is 5.97 Å². The van der Waals surface area contributed by atoms with Crippen molar-refractivity contribution in [1.82, 2.24) is 0 Å². The zero-order valence-corrected chi connectivity index (χ0v) is 17.7. The number of carbonyl (C=O) groups excluding carboxylic acids is 1. The minimum absolute atomic E-state index is 0.0587. The summed E-state index contributed by atoms with van der Waals surface area (Å²) in [5, 5.41) is 0. The van der Waals surface area contributed by atoms with Crippen LogP contribution < -0.4 is 0 Å². The molecule has 0 atom stereocenters. The highest BCUT2D eigenvalue weighted by molar-refractivity contribution is 5.69. The van der Waals surface area contributed by atoms with Crippen LogP contribution in [0.15, 0.2) is 24.3 Å². The molecule has 2 heteroatoms. The number of benzene rings is 1. The van der Waals surface area contributed by atoms with Crippen LogP contribution in [-0.2, 0) is 16.0 Å². The van der Waals surface area contributed by atoms with E-state index in [0.29, 0.717) is 13.0 Å². The maximum absolute atomic E-state index is 11.8. The molecule has 0 heterocycles. The predicted molar refractivity (Wildman–Crippen MR) is 114 cm³/mol. The van der Waals surface area contributed by atoms with Gasteiger partial charge in [0.2, 0.25) is 0 Å². The van der Waals surface area contributed by atoms with Gasteiger partial charge in [0.25, 0.3) is 0 Å². The van der Waals surface area contributed by atoms with E-state index in [1.165, 1.54) is 62.5 Å². The SMILES string of the molecule is CCCCCOC(=O)CCc1ccc(C2CCC(CCCCC)CC2)cc1. The quantitative estimate of drug-likeness (QED) is 0.286. The van der Waals surface area contributed by atoms with Crippen LogP contribution in [0.1, 0.15) is 108 Å². The lowest BCUT2D eigenvalue weighted by Crippen LogP contribution is -2.13. The maximum Gasteiger partial charge on any atom is 0.306 e. The van der Waals surface area contributed by atoms with Gasteiger partial charge in [0.15, 0.2) is 0 Å². The Bertz CT molecular complexity index is 512. The highest BCUT2D eigenvalue weighted by Gasteiger charge is 2.21. The van der Waals surface area contributed by atoms with Crippen molar-refractivity contribution >= 4 is 5.97 Å². The van der Waals surface area contributed by atoms with Crippen LogP contribution >= 0.6 is 0 Å². The summed E-state index contributed by atoms with van der Waals surface area (Å²) in [6.45, 7) is 5.02. The lowest BCUT2D eigenvalue weighted by molar-refractivity contribution is -0.143. The molecule has 0 radical (unpaired) electrons. The summed E-state index contributed by atoms with van der Waals surface area (Å²) in [7, 11) is 0. The molecule has 27 heavy (non-hydrogen) atoms. The summed E-state index contributed by atoms with van der Waals surface area (Å²) in [5.41, 5.74) is 2.74. The number of aryl methyl sites for hydroxylation is 1. The lowest BCUT2D eigenvalue weighted by Gasteiger charge is -2.29. The standard InChI is InChI=1S/C25H40O2/c1-3-5-7-9-21-10-15-23(16-11-21)24-17-12-22(13-18-24)14-19-25(26)27-20-8-6-4-2/h12-13,17-18,21,23H,3-11,14-16,19-20H2,1-2H3. The van der Waals surface area contributed by atoms with E-state index in [4.69, 9.17) is 4.74 Å². The molecule has 0 aromatic heterocycles. The Morgan fingerprint density at radius 1 is 0.926 bits per heavy atom. The maximum atomic E-state index is 11.8. The summed E-state index contributed by atoms with van der Waals surface area (Å²) >= 11 is 0. The van der Waals surface area contributed by atoms with Crippen LogP contribution in [0.2, 0.25) is 0 Å². The van der Waals surface area contributed by atoms with E-state index in [1.54, 1.807) is 0 Å². The van der Waals surface area contributed by atoms with Gasteiger partial charge in [-0.3, -0.25) is 4.79 Å². The summed E-state index contributed by atoms with van der Waals surface area (Å²) in [5.74, 6) is 1.65. The number of rotatable bonds is 12. The van der Waals surface area contributed by atoms with Gasteiger partial charge < -0.3 is 4.74 Å². The van der Waals surface area contributed by atoms with Crippen molar-refractivity contribution in [3.63, 3.8) is 0 Å². The van der Waals surface area contributed by atoms with Crippen molar-refractivity contribution in [3.05, 3.63) is 35.4 Å². The molecule has 0 aliphatic heterocycles. The van der Waals surface area contributed by atoms with E-state index >= 15 is 0 Å². The Morgan fingerprint density at radius 3 is 2.26 bits per heavy atom. The third-order valence-corrected chi connectivity index (χ3v) is 6.14. The molecule has 152 valence electrons. The fourth-order valence-electron chi connectivity index (χ4n) is 4.28. The number of ether oxygens (including phenoxy) is 1. The normalized spacial score (nSPS) is 19.8. The number of hydrogen-bond acceptors (Lipinski definition) is 2. The van der Waals surface area contributed by atoms with Crippen molar-refractivity contribution in [2.75, 3.05) is 6.61 Å². The Balaban J connectivity index is 1.67. The molecular weight excluding hydrogens is 332 g/mol. The zero-order valence-electron chi connectivity index (χ0n) is 17.7. The number of hydrogen-bond donors (Lipinski definition) is 0. The fraction of sp³-hybridized carbons (Fsp3) is 0.720. The number of carbonyl (C=O) groups is 1. The molecule has 2 rings (SSSR count). The minimum Gasteiger partial charge on any atom is -0.466 e. The van der Waals surface area contributed by atoms with E-state index in [1.807, 2.05) is 0 Å². The van der Waals surface area contributed by atoms with Crippen molar-refractivity contribution in [1.29, 1.82) is 0 Å². The largest absolute Gasteiger partial charge is 0.466 e. The molecule has 1 aliphatic carbocycles. The highest BCUT2D eigenvalue weighted by atomic mass is 16.5. The van der Waals surface area contributed by atoms with Crippen molar-refractivity contribution in [2.45, 2.75) is 103 Å². The van der Waals surface area contributed by atoms with E-state index in [9.17, 15) is 4.79 Å². The Kier molecular flexibility index (Phi) is 10.6. The van der Waals surface area contributed by atoms with E-state index < -0.39 is 0 Å². The Hall–Kier alpha value is -1.31. The van der Waals surface area contributed by atoms with E-state index in [2.05, 4.69) is 38.1 Å². The van der Waals surface area contributed by atoms with Gasteiger partial charge in [0.05, 0.1) is 6.61 Å². The van der Waals surface area contributed by atoms with Crippen molar-refractivity contribution in [2.24, 2.45) is 5.92 Å². The van der Waals surface area contributed by atoms with Crippen LogP contribution in [0.25, 0.3) is 0 Å². The molecule has 0 bridgehead atoms. The summed E-state index contributed by atoms with van der Waals surface area (Å²) in [4.78, 5) is 11.8. The van der Waals surface area contributed by atoms with Crippen molar-refractivity contribution < 1.29 is 9.53 Å². The molecular formula is C25H40O2. The first-order valence-electron chi connectivity index (χ1n) is 11.5. The number of unbranched alkanes of at least 4 members (excludes halogenated alkanes) is 4. The summed E-state index contributed by atoms with van der Waals surface area (Å²) < 4.78 is 5.29. The van der Waals surface area contributed by atoms with Crippen LogP contribution in [0, 0.1) is 5.92 Å². The first kappa shape index (κ1) is 22.0. The first-order chi connectivity index (χ1) is 13.2. The topological polar surface area (TPSA) is 26.3 Å². The smallest absolute Gasteiger partial charge is 0.306 e. The van der Waals surface area contributed by atoms with Crippen LogP contribution in [0.5, 0.6) is 0 Å². The molecule has 0 N–H and O–H groups in total. The highest BCUT2D eigenvalue weighted by Crippen LogP contribution is 2.37. The second-order valence-electron chi connectivity index (χ2n) is 8.38. The molecule has 1 fully saturated rings. The van der Waals surface area contributed by atoms with Gasteiger partial charge in [0, 0.05) is 6.42 Å². The van der Waals surface area contributed by atoms with Crippen LogP contribution in [0.4, 0.5) is 0 Å². The zero-order chi connectivity index (χ0) is 19.3. The number of esters is 1. The second-order valence-corrected chi connectivity index (χ2v) is 8.38. The summed E-state index contributed by atoms with van der Waals surface area (Å²) in [6, 6.07) is 9.02. The molecule has 0 saturated heterocycles. The van der Waals surface area contributed by atoms with Gasteiger partial charge in [-0.1, -0.05) is 76.6 Å². The molecule has 1 aromatic carbocycles. The Labute approximate surface area is 167 Å². The van der Waals surface area contributed by atoms with Gasteiger partial charge in [-0.25, -0.2) is 0 Å². The average Bonchev–Trinajstić information content (AvgIpc) is 2.71. The molecule has 2 nitrogen and oxygen atoms in total. The third kappa shape index (κ3) is 8.49. The minimum atomic E-state index is -0.0587. The molecule has 0 amide bonds. The van der Waals surface area contributed by atoms with Gasteiger partial charge in [0.1, 0.15) is 0 Å². The molecule has 1 aromatic rings. The molecule has 0 spiro atoms. The van der Waals surface area contributed by atoms with Crippen LogP contribution in [-0.4, -0.2) is 12.6 Å². The Morgan fingerprint density at radius 2 is 1.59 bits per heavy atom. The monoisotopic (exact) mass is 372 g/mol. The van der Waals surface area contributed by atoms with Crippen molar-refractivity contribution in [3.8, 4) is 0 Å². The van der Waals surface area contributed by atoms with Gasteiger partial charge in [-0.2, -0.15) is 0 Å². The first-order valence-corrected chi connectivity index (χ1v) is 11.5. The lowest BCUT2D eigenvalue weighted by atomic mass is 9.77. The predicted octanol–water partition coefficient (Wildman–Crippen LogP) is 7.21. The average molecular weight is 373 g/mol.